The smallest absolute Gasteiger partial charge is 0.181 e. The lowest BCUT2D eigenvalue weighted by Crippen LogP contribution is -2.38. The topological polar surface area (TPSA) is 55.8 Å². The lowest BCUT2D eigenvalue weighted by atomic mass is 9.71. The zero-order valence-electron chi connectivity index (χ0n) is 21.0. The van der Waals surface area contributed by atoms with Gasteiger partial charge in [-0.3, -0.25) is 9.59 Å². The fourth-order valence-corrected chi connectivity index (χ4v) is 6.05. The van der Waals surface area contributed by atoms with Crippen LogP contribution in [0.1, 0.15) is 62.5 Å². The highest BCUT2D eigenvalue weighted by Gasteiger charge is 2.43. The van der Waals surface area contributed by atoms with Crippen molar-refractivity contribution in [2.45, 2.75) is 57.9 Å². The Morgan fingerprint density at radius 2 is 1.62 bits per heavy atom. The second kappa shape index (κ2) is 10.9. The summed E-state index contributed by atoms with van der Waals surface area (Å²) in [7, 11) is 0. The maximum atomic E-state index is 13.6. The van der Waals surface area contributed by atoms with Crippen LogP contribution in [0, 0.1) is 12.3 Å². The molecule has 0 unspecified atom stereocenters. The predicted molar refractivity (Wildman–Crippen MR) is 143 cm³/mol. The summed E-state index contributed by atoms with van der Waals surface area (Å²) in [6.45, 7) is 2.97. The molecule has 0 atom stereocenters. The molecule has 0 saturated heterocycles. The average molecular weight is 516 g/mol. The standard InChI is InChI=1S/C31H30ClNO4/c1-3-16-37-31-22(32)17-21(18-27(31)36-4-2)28-29-23(12-8-14-25(29)34)33(19-20-10-6-5-7-11-20)24-13-9-15-26(35)30(24)28/h1,5-7,10-11,17-18,28H,4,8-9,12-16,19H2,2H3. The fourth-order valence-electron chi connectivity index (χ4n) is 5.78. The van der Waals surface area contributed by atoms with Crippen LogP contribution in [-0.2, 0) is 16.1 Å². The molecule has 0 spiro atoms. The van der Waals surface area contributed by atoms with Crippen LogP contribution < -0.4 is 9.47 Å². The van der Waals surface area contributed by atoms with Crippen LogP contribution in [0.3, 0.4) is 0 Å². The van der Waals surface area contributed by atoms with Gasteiger partial charge >= 0.3 is 0 Å². The summed E-state index contributed by atoms with van der Waals surface area (Å²) in [4.78, 5) is 29.4. The Labute approximate surface area is 223 Å². The number of Topliss-reactive ketones (excluding diaryl/α,β-unsaturated/α-hetero) is 2. The van der Waals surface area contributed by atoms with Gasteiger partial charge in [0.1, 0.15) is 6.61 Å². The fraction of sp³-hybridized carbons (Fsp3) is 0.355. The molecule has 3 aliphatic rings. The van der Waals surface area contributed by atoms with Crippen molar-refractivity contribution in [3.05, 3.63) is 81.2 Å². The van der Waals surface area contributed by atoms with Gasteiger partial charge in [-0.15, -0.1) is 6.42 Å². The van der Waals surface area contributed by atoms with Crippen molar-refractivity contribution in [1.82, 2.24) is 4.90 Å². The third-order valence-corrected chi connectivity index (χ3v) is 7.52. The molecule has 0 N–H and O–H groups in total. The number of hydrogen-bond acceptors (Lipinski definition) is 5. The first-order chi connectivity index (χ1) is 18.0. The Kier molecular flexibility index (Phi) is 7.39. The predicted octanol–water partition coefficient (Wildman–Crippen LogP) is 6.36. The van der Waals surface area contributed by atoms with Gasteiger partial charge in [-0.2, -0.15) is 0 Å². The maximum Gasteiger partial charge on any atom is 0.181 e. The van der Waals surface area contributed by atoms with Gasteiger partial charge in [0, 0.05) is 47.8 Å². The van der Waals surface area contributed by atoms with Crippen LogP contribution in [0.4, 0.5) is 0 Å². The molecule has 0 aromatic heterocycles. The molecule has 37 heavy (non-hydrogen) atoms. The summed E-state index contributed by atoms with van der Waals surface area (Å²) in [5.41, 5.74) is 5.40. The van der Waals surface area contributed by atoms with E-state index in [-0.39, 0.29) is 18.2 Å². The molecule has 5 nitrogen and oxygen atoms in total. The molecule has 2 aromatic carbocycles. The van der Waals surface area contributed by atoms with Crippen LogP contribution in [0.5, 0.6) is 11.5 Å². The Bertz CT molecular complexity index is 1290. The van der Waals surface area contributed by atoms with E-state index in [1.165, 1.54) is 0 Å². The summed E-state index contributed by atoms with van der Waals surface area (Å²) in [6.07, 6.45) is 9.53. The van der Waals surface area contributed by atoms with E-state index in [4.69, 9.17) is 27.5 Å². The Morgan fingerprint density at radius 1 is 0.973 bits per heavy atom. The van der Waals surface area contributed by atoms with Gasteiger partial charge in [0.15, 0.2) is 23.1 Å². The minimum Gasteiger partial charge on any atom is -0.490 e. The number of carbonyl (C=O) groups is 2. The molecule has 1 heterocycles. The SMILES string of the molecule is C#CCOc1c(Cl)cc(C2C3=C(CCCC3=O)N(Cc3ccccc3)C3=C2C(=O)CCC3)cc1OCC. The van der Waals surface area contributed by atoms with Gasteiger partial charge in [-0.1, -0.05) is 47.9 Å². The van der Waals surface area contributed by atoms with E-state index in [9.17, 15) is 9.59 Å². The number of terminal acetylenes is 1. The quantitative estimate of drug-likeness (QED) is 0.401. The average Bonchev–Trinajstić information content (AvgIpc) is 2.89. The molecule has 190 valence electrons. The molecule has 2 aromatic rings. The number of halogens is 1. The lowest BCUT2D eigenvalue weighted by Gasteiger charge is -2.44. The van der Waals surface area contributed by atoms with Gasteiger partial charge in [0.25, 0.3) is 0 Å². The van der Waals surface area contributed by atoms with Gasteiger partial charge < -0.3 is 14.4 Å². The normalized spacial score (nSPS) is 17.9. The van der Waals surface area contributed by atoms with E-state index < -0.39 is 5.92 Å². The highest BCUT2D eigenvalue weighted by molar-refractivity contribution is 6.32. The maximum absolute atomic E-state index is 13.6. The summed E-state index contributed by atoms with van der Waals surface area (Å²) < 4.78 is 11.6. The van der Waals surface area contributed by atoms with Crippen molar-refractivity contribution < 1.29 is 19.1 Å². The van der Waals surface area contributed by atoms with Crippen molar-refractivity contribution >= 4 is 23.2 Å². The minimum absolute atomic E-state index is 0.0542. The summed E-state index contributed by atoms with van der Waals surface area (Å²) >= 11 is 6.70. The van der Waals surface area contributed by atoms with E-state index in [0.29, 0.717) is 53.7 Å². The van der Waals surface area contributed by atoms with E-state index >= 15 is 0 Å². The van der Waals surface area contributed by atoms with Crippen LogP contribution in [0.2, 0.25) is 5.02 Å². The van der Waals surface area contributed by atoms with E-state index in [1.54, 1.807) is 6.07 Å². The van der Waals surface area contributed by atoms with Crippen LogP contribution >= 0.6 is 11.6 Å². The van der Waals surface area contributed by atoms with Crippen LogP contribution in [0.15, 0.2) is 65.0 Å². The first-order valence-electron chi connectivity index (χ1n) is 12.9. The number of ketones is 2. The van der Waals surface area contributed by atoms with Gasteiger partial charge in [0.05, 0.1) is 11.6 Å². The van der Waals surface area contributed by atoms with Crippen molar-refractivity contribution in [3.63, 3.8) is 0 Å². The van der Waals surface area contributed by atoms with Gasteiger partial charge in [-0.25, -0.2) is 0 Å². The molecule has 0 amide bonds. The molecular weight excluding hydrogens is 486 g/mol. The minimum atomic E-state index is -0.476. The number of nitrogens with zero attached hydrogens (tertiary/aromatic N) is 1. The van der Waals surface area contributed by atoms with Crippen LogP contribution in [0.25, 0.3) is 0 Å². The number of allylic oxidation sites excluding steroid dienone is 4. The number of hydrogen-bond donors (Lipinski definition) is 0. The van der Waals surface area contributed by atoms with Crippen molar-refractivity contribution in [2.75, 3.05) is 13.2 Å². The van der Waals surface area contributed by atoms with Gasteiger partial charge in [0.2, 0.25) is 0 Å². The monoisotopic (exact) mass is 515 g/mol. The highest BCUT2D eigenvalue weighted by Crippen LogP contribution is 2.51. The Balaban J connectivity index is 1.69. The molecule has 1 aliphatic heterocycles. The lowest BCUT2D eigenvalue weighted by molar-refractivity contribution is -0.117. The number of carbonyl (C=O) groups excluding carboxylic acids is 2. The third-order valence-electron chi connectivity index (χ3n) is 7.23. The van der Waals surface area contributed by atoms with E-state index in [0.717, 1.165) is 48.2 Å². The Morgan fingerprint density at radius 3 is 2.22 bits per heavy atom. The molecular formula is C31H30ClNO4. The largest absolute Gasteiger partial charge is 0.490 e. The van der Waals surface area contributed by atoms with Crippen LogP contribution in [-0.4, -0.2) is 29.7 Å². The van der Waals surface area contributed by atoms with Gasteiger partial charge in [-0.05, 0) is 55.9 Å². The second-order valence-corrected chi connectivity index (χ2v) is 9.94. The van der Waals surface area contributed by atoms with E-state index in [2.05, 4.69) is 23.0 Å². The second-order valence-electron chi connectivity index (χ2n) is 9.53. The third kappa shape index (κ3) is 4.79. The molecule has 0 bridgehead atoms. The van der Waals surface area contributed by atoms with E-state index in [1.807, 2.05) is 31.2 Å². The summed E-state index contributed by atoms with van der Waals surface area (Å²) in [5.74, 6) is 3.00. The number of rotatable bonds is 7. The summed E-state index contributed by atoms with van der Waals surface area (Å²) in [5, 5.41) is 0.346. The first kappa shape index (κ1) is 25.2. The molecule has 6 heteroatoms. The highest BCUT2D eigenvalue weighted by atomic mass is 35.5. The zero-order chi connectivity index (χ0) is 25.9. The number of benzene rings is 2. The molecule has 2 aliphatic carbocycles. The molecule has 0 fully saturated rings. The Hall–Kier alpha value is -3.49. The molecule has 0 radical (unpaired) electrons. The summed E-state index contributed by atoms with van der Waals surface area (Å²) in [6, 6.07) is 13.9. The molecule has 0 saturated carbocycles. The first-order valence-corrected chi connectivity index (χ1v) is 13.3. The van der Waals surface area contributed by atoms with Crippen molar-refractivity contribution in [1.29, 1.82) is 0 Å². The van der Waals surface area contributed by atoms with Crippen molar-refractivity contribution in [2.24, 2.45) is 0 Å². The number of ether oxygens (including phenoxy) is 2. The van der Waals surface area contributed by atoms with Crippen molar-refractivity contribution in [3.8, 4) is 23.8 Å². The molecule has 5 rings (SSSR count). The zero-order valence-corrected chi connectivity index (χ0v) is 21.8.